The van der Waals surface area contributed by atoms with E-state index in [0.29, 0.717) is 5.56 Å². The summed E-state index contributed by atoms with van der Waals surface area (Å²) in [7, 11) is 1.31. The van der Waals surface area contributed by atoms with Crippen LogP contribution in [0.4, 0.5) is 18.9 Å². The molecule has 2 heterocycles. The van der Waals surface area contributed by atoms with Crippen LogP contribution in [-0.4, -0.2) is 25.9 Å². The van der Waals surface area contributed by atoms with Crippen molar-refractivity contribution in [2.75, 3.05) is 5.32 Å². The minimum atomic E-state index is -4.72. The first-order valence-corrected chi connectivity index (χ1v) is 6.63. The van der Waals surface area contributed by atoms with Crippen LogP contribution in [0, 0.1) is 0 Å². The molecule has 0 aliphatic carbocycles. The Kier molecular flexibility index (Phi) is 3.80. The van der Waals surface area contributed by atoms with Crippen molar-refractivity contribution in [3.05, 3.63) is 48.1 Å². The van der Waals surface area contributed by atoms with Crippen LogP contribution in [0.3, 0.4) is 0 Å². The third-order valence-electron chi connectivity index (χ3n) is 3.07. The van der Waals surface area contributed by atoms with E-state index in [1.54, 1.807) is 12.1 Å². The van der Waals surface area contributed by atoms with Gasteiger partial charge in [0.2, 0.25) is 12.3 Å². The highest BCUT2D eigenvalue weighted by Gasteiger charge is 2.39. The van der Waals surface area contributed by atoms with Gasteiger partial charge in [0.25, 0.3) is 5.91 Å². The van der Waals surface area contributed by atoms with Crippen LogP contribution in [0.15, 0.2) is 41.3 Å². The average Bonchev–Trinajstić information content (AvgIpc) is 3.16. The summed E-state index contributed by atoms with van der Waals surface area (Å²) in [5, 5.41) is 13.0. The zero-order valence-corrected chi connectivity index (χ0v) is 12.2. The van der Waals surface area contributed by atoms with Crippen molar-refractivity contribution in [3.63, 3.8) is 0 Å². The van der Waals surface area contributed by atoms with E-state index in [0.717, 1.165) is 17.3 Å². The van der Waals surface area contributed by atoms with Gasteiger partial charge in [0, 0.05) is 24.5 Å². The van der Waals surface area contributed by atoms with Gasteiger partial charge in [-0.3, -0.25) is 9.48 Å². The number of amides is 1. The highest BCUT2D eigenvalue weighted by atomic mass is 19.4. The Morgan fingerprint density at radius 3 is 2.79 bits per heavy atom. The number of hydrogen-bond acceptors (Lipinski definition) is 5. The molecule has 3 rings (SSSR count). The monoisotopic (exact) mass is 337 g/mol. The number of nitrogens with zero attached hydrogens (tertiary/aromatic N) is 4. The number of halogens is 3. The predicted molar refractivity (Wildman–Crippen MR) is 75.9 cm³/mol. The molecule has 2 aromatic heterocycles. The molecule has 1 N–H and O–H groups in total. The lowest BCUT2D eigenvalue weighted by molar-refractivity contribution is -0.141. The number of rotatable bonds is 3. The molecule has 0 saturated carbocycles. The van der Waals surface area contributed by atoms with Crippen molar-refractivity contribution in [2.24, 2.45) is 7.05 Å². The highest BCUT2D eigenvalue weighted by molar-refractivity contribution is 6.05. The van der Waals surface area contributed by atoms with Crippen molar-refractivity contribution in [1.29, 1.82) is 0 Å². The van der Waals surface area contributed by atoms with Crippen molar-refractivity contribution >= 4 is 11.6 Å². The van der Waals surface area contributed by atoms with Crippen molar-refractivity contribution in [2.45, 2.75) is 6.18 Å². The van der Waals surface area contributed by atoms with Gasteiger partial charge in [0.15, 0.2) is 5.69 Å². The second-order valence-corrected chi connectivity index (χ2v) is 4.84. The summed E-state index contributed by atoms with van der Waals surface area (Å²) in [4.78, 5) is 12.2. The number of aromatic nitrogens is 4. The maximum absolute atomic E-state index is 12.9. The van der Waals surface area contributed by atoms with E-state index in [2.05, 4.69) is 20.6 Å². The van der Waals surface area contributed by atoms with E-state index in [1.807, 2.05) is 0 Å². The van der Waals surface area contributed by atoms with Gasteiger partial charge in [-0.05, 0) is 18.2 Å². The number of aryl methyl sites for hydroxylation is 1. The fraction of sp³-hybridized carbons (Fsp3) is 0.143. The van der Waals surface area contributed by atoms with E-state index in [9.17, 15) is 18.0 Å². The molecule has 0 bridgehead atoms. The SMILES string of the molecule is Cn1cc(C(=O)Nc2cccc(-c3nnco3)c2)c(C(F)(F)F)n1. The second kappa shape index (κ2) is 5.80. The first kappa shape index (κ1) is 15.7. The maximum atomic E-state index is 12.9. The summed E-state index contributed by atoms with van der Waals surface area (Å²) < 4.78 is 44.8. The Labute approximate surface area is 133 Å². The largest absolute Gasteiger partial charge is 0.435 e. The molecule has 0 unspecified atom stereocenters. The zero-order valence-electron chi connectivity index (χ0n) is 12.2. The minimum absolute atomic E-state index is 0.225. The van der Waals surface area contributed by atoms with Crippen molar-refractivity contribution in [1.82, 2.24) is 20.0 Å². The molecule has 3 aromatic rings. The molecule has 0 aliphatic rings. The number of hydrogen-bond donors (Lipinski definition) is 1. The molecule has 7 nitrogen and oxygen atoms in total. The van der Waals surface area contributed by atoms with Crippen LogP contribution in [0.25, 0.3) is 11.5 Å². The fourth-order valence-electron chi connectivity index (χ4n) is 2.09. The fourth-order valence-corrected chi connectivity index (χ4v) is 2.09. The van der Waals surface area contributed by atoms with E-state index >= 15 is 0 Å². The van der Waals surface area contributed by atoms with E-state index in [1.165, 1.54) is 19.2 Å². The molecular formula is C14H10F3N5O2. The Morgan fingerprint density at radius 2 is 2.12 bits per heavy atom. The Hall–Kier alpha value is -3.17. The Morgan fingerprint density at radius 1 is 1.33 bits per heavy atom. The van der Waals surface area contributed by atoms with Gasteiger partial charge in [-0.15, -0.1) is 10.2 Å². The minimum Gasteiger partial charge on any atom is -0.423 e. The lowest BCUT2D eigenvalue weighted by Crippen LogP contribution is -2.17. The van der Waals surface area contributed by atoms with Gasteiger partial charge in [-0.2, -0.15) is 18.3 Å². The van der Waals surface area contributed by atoms with E-state index in [4.69, 9.17) is 4.42 Å². The van der Waals surface area contributed by atoms with E-state index in [-0.39, 0.29) is 11.6 Å². The maximum Gasteiger partial charge on any atom is 0.435 e. The number of alkyl halides is 3. The Bertz CT molecular complexity index is 871. The standard InChI is InChI=1S/C14H10F3N5O2/c1-22-6-10(11(21-22)14(15,16)17)12(23)19-9-4-2-3-8(5-9)13-20-18-7-24-13/h2-7H,1H3,(H,19,23). The molecule has 10 heteroatoms. The zero-order chi connectivity index (χ0) is 17.3. The third kappa shape index (κ3) is 3.12. The van der Waals surface area contributed by atoms with Crippen LogP contribution >= 0.6 is 0 Å². The predicted octanol–water partition coefficient (Wildman–Crippen LogP) is 2.74. The molecule has 124 valence electrons. The first-order valence-electron chi connectivity index (χ1n) is 6.63. The summed E-state index contributed by atoms with van der Waals surface area (Å²) in [6.45, 7) is 0. The van der Waals surface area contributed by atoms with Gasteiger partial charge in [0.05, 0.1) is 5.56 Å². The first-order chi connectivity index (χ1) is 11.3. The number of anilines is 1. The van der Waals surface area contributed by atoms with Gasteiger partial charge in [-0.1, -0.05) is 6.07 Å². The molecule has 0 saturated heterocycles. The molecule has 0 spiro atoms. The molecule has 0 aliphatic heterocycles. The molecule has 0 radical (unpaired) electrons. The smallest absolute Gasteiger partial charge is 0.423 e. The summed E-state index contributed by atoms with van der Waals surface area (Å²) in [5.41, 5.74) is -0.996. The van der Waals surface area contributed by atoms with Gasteiger partial charge >= 0.3 is 6.18 Å². The summed E-state index contributed by atoms with van der Waals surface area (Å²) in [5.74, 6) is -0.693. The number of carbonyl (C=O) groups is 1. The van der Waals surface area contributed by atoms with Gasteiger partial charge in [-0.25, -0.2) is 0 Å². The van der Waals surface area contributed by atoms with Crippen LogP contribution in [0.1, 0.15) is 16.1 Å². The number of carbonyl (C=O) groups excluding carboxylic acids is 1. The van der Waals surface area contributed by atoms with Crippen LogP contribution in [0.2, 0.25) is 0 Å². The van der Waals surface area contributed by atoms with Crippen LogP contribution in [0.5, 0.6) is 0 Å². The third-order valence-corrected chi connectivity index (χ3v) is 3.07. The van der Waals surface area contributed by atoms with Crippen molar-refractivity contribution < 1.29 is 22.4 Å². The average molecular weight is 337 g/mol. The molecule has 0 atom stereocenters. The number of nitrogens with one attached hydrogen (secondary N) is 1. The summed E-state index contributed by atoms with van der Waals surface area (Å²) >= 11 is 0. The van der Waals surface area contributed by atoms with Gasteiger partial charge < -0.3 is 9.73 Å². The van der Waals surface area contributed by atoms with E-state index < -0.39 is 23.3 Å². The quantitative estimate of drug-likeness (QED) is 0.794. The summed E-state index contributed by atoms with van der Waals surface area (Å²) in [6, 6.07) is 6.30. The normalized spacial score (nSPS) is 11.5. The van der Waals surface area contributed by atoms with Gasteiger partial charge in [0.1, 0.15) is 0 Å². The summed E-state index contributed by atoms with van der Waals surface area (Å²) in [6.07, 6.45) is -2.56. The topological polar surface area (TPSA) is 85.8 Å². The highest BCUT2D eigenvalue weighted by Crippen LogP contribution is 2.31. The molecule has 0 fully saturated rings. The Balaban J connectivity index is 1.87. The number of benzene rings is 1. The molecular weight excluding hydrogens is 327 g/mol. The van der Waals surface area contributed by atoms with Crippen LogP contribution in [-0.2, 0) is 13.2 Å². The molecule has 24 heavy (non-hydrogen) atoms. The van der Waals surface area contributed by atoms with Crippen LogP contribution < -0.4 is 5.32 Å². The molecule has 1 amide bonds. The van der Waals surface area contributed by atoms with Crippen molar-refractivity contribution in [3.8, 4) is 11.5 Å². The second-order valence-electron chi connectivity index (χ2n) is 4.84. The molecule has 1 aromatic carbocycles. The lowest BCUT2D eigenvalue weighted by Gasteiger charge is -2.08. The lowest BCUT2D eigenvalue weighted by atomic mass is 10.2.